The molecule has 5 nitrogen and oxygen atoms in total. The number of aromatic hydroxyl groups is 1. The average molecular weight is 395 g/mol. The first-order chi connectivity index (χ1) is 14.2. The molecule has 0 aliphatic carbocycles. The monoisotopic (exact) mass is 395 g/mol. The highest BCUT2D eigenvalue weighted by Crippen LogP contribution is 2.35. The van der Waals surface area contributed by atoms with Crippen molar-refractivity contribution in [3.05, 3.63) is 64.4 Å². The first-order valence-corrected chi connectivity index (χ1v) is 10.3. The van der Waals surface area contributed by atoms with Crippen molar-refractivity contribution in [1.29, 1.82) is 0 Å². The first kappa shape index (κ1) is 20.8. The van der Waals surface area contributed by atoms with Crippen molar-refractivity contribution in [3.8, 4) is 17.2 Å². The van der Waals surface area contributed by atoms with Crippen LogP contribution in [0.25, 0.3) is 10.9 Å². The molecule has 1 aromatic heterocycles. The van der Waals surface area contributed by atoms with E-state index >= 15 is 0 Å². The van der Waals surface area contributed by atoms with Crippen LogP contribution in [-0.2, 0) is 13.2 Å². The number of ether oxygens (including phenoxy) is 2. The highest BCUT2D eigenvalue weighted by atomic mass is 16.5. The van der Waals surface area contributed by atoms with E-state index in [1.165, 1.54) is 0 Å². The lowest BCUT2D eigenvalue weighted by Crippen LogP contribution is -2.24. The summed E-state index contributed by atoms with van der Waals surface area (Å²) in [5.74, 6) is 0.820. The third-order valence-corrected chi connectivity index (χ3v) is 4.87. The van der Waals surface area contributed by atoms with Gasteiger partial charge in [0.2, 0.25) is 5.75 Å². The molecule has 0 atom stereocenters. The van der Waals surface area contributed by atoms with Gasteiger partial charge in [-0.3, -0.25) is 4.79 Å². The van der Waals surface area contributed by atoms with Crippen LogP contribution < -0.4 is 15.0 Å². The Morgan fingerprint density at radius 3 is 2.41 bits per heavy atom. The van der Waals surface area contributed by atoms with Gasteiger partial charge >= 0.3 is 0 Å². The zero-order valence-electron chi connectivity index (χ0n) is 17.2. The van der Waals surface area contributed by atoms with Crippen LogP contribution in [-0.4, -0.2) is 16.3 Å². The minimum absolute atomic E-state index is 0.125. The van der Waals surface area contributed by atoms with Crippen LogP contribution in [0.1, 0.15) is 45.1 Å². The van der Waals surface area contributed by atoms with Crippen molar-refractivity contribution in [2.24, 2.45) is 0 Å². The molecule has 154 valence electrons. The van der Waals surface area contributed by atoms with Crippen molar-refractivity contribution < 1.29 is 14.6 Å². The molecule has 0 saturated heterocycles. The smallest absolute Gasteiger partial charge is 0.297 e. The molecule has 3 rings (SSSR count). The lowest BCUT2D eigenvalue weighted by atomic mass is 10.1. The number of nitrogens with zero attached hydrogens (tertiary/aromatic N) is 1. The van der Waals surface area contributed by atoms with E-state index in [4.69, 9.17) is 9.47 Å². The van der Waals surface area contributed by atoms with Crippen LogP contribution >= 0.6 is 0 Å². The molecule has 29 heavy (non-hydrogen) atoms. The van der Waals surface area contributed by atoms with Gasteiger partial charge in [-0.25, -0.2) is 0 Å². The molecule has 5 heteroatoms. The van der Waals surface area contributed by atoms with Gasteiger partial charge in [0.15, 0.2) is 5.75 Å². The van der Waals surface area contributed by atoms with Gasteiger partial charge in [-0.1, -0.05) is 57.0 Å². The number of hydrogen-bond acceptors (Lipinski definition) is 4. The van der Waals surface area contributed by atoms with E-state index < -0.39 is 0 Å². The van der Waals surface area contributed by atoms with E-state index in [9.17, 15) is 9.90 Å². The highest BCUT2D eigenvalue weighted by molar-refractivity contribution is 5.89. The molecule has 0 aliphatic heterocycles. The largest absolute Gasteiger partial charge is 0.508 e. The summed E-state index contributed by atoms with van der Waals surface area (Å²) in [4.78, 5) is 13.4. The Kier molecular flexibility index (Phi) is 7.17. The van der Waals surface area contributed by atoms with E-state index in [1.807, 2.05) is 30.3 Å². The third kappa shape index (κ3) is 4.91. The fraction of sp³-hybridized carbons (Fsp3) is 0.375. The van der Waals surface area contributed by atoms with Crippen LogP contribution in [0.5, 0.6) is 17.2 Å². The fourth-order valence-electron chi connectivity index (χ4n) is 3.24. The molecule has 2 aromatic carbocycles. The molecule has 0 amide bonds. The second-order valence-electron chi connectivity index (χ2n) is 7.15. The Morgan fingerprint density at radius 2 is 1.69 bits per heavy atom. The minimum atomic E-state index is -0.223. The molecular weight excluding hydrogens is 366 g/mol. The van der Waals surface area contributed by atoms with Crippen molar-refractivity contribution in [2.75, 3.05) is 6.61 Å². The van der Waals surface area contributed by atoms with Gasteiger partial charge in [-0.15, -0.1) is 0 Å². The maximum absolute atomic E-state index is 13.4. The maximum Gasteiger partial charge on any atom is 0.297 e. The zero-order chi connectivity index (χ0) is 20.6. The van der Waals surface area contributed by atoms with E-state index in [2.05, 4.69) is 13.8 Å². The SMILES string of the molecule is CCCCOc1c(OCc2ccccc2)c(=O)n(CCCC)c2cc(O)ccc12. The molecule has 1 heterocycles. The predicted octanol–water partition coefficient (Wildman–Crippen LogP) is 5.27. The summed E-state index contributed by atoms with van der Waals surface area (Å²) in [6.45, 7) is 5.53. The van der Waals surface area contributed by atoms with Gasteiger partial charge in [0.05, 0.1) is 12.1 Å². The van der Waals surface area contributed by atoms with Gasteiger partial charge < -0.3 is 19.1 Å². The maximum atomic E-state index is 13.4. The topological polar surface area (TPSA) is 60.7 Å². The van der Waals surface area contributed by atoms with E-state index in [-0.39, 0.29) is 23.7 Å². The number of hydrogen-bond donors (Lipinski definition) is 1. The average Bonchev–Trinajstić information content (AvgIpc) is 2.73. The zero-order valence-corrected chi connectivity index (χ0v) is 17.2. The van der Waals surface area contributed by atoms with E-state index in [1.54, 1.807) is 22.8 Å². The molecule has 0 aliphatic rings. The lowest BCUT2D eigenvalue weighted by molar-refractivity contribution is 0.256. The standard InChI is InChI=1S/C24H29NO4/c1-3-5-14-25-21-16-19(26)12-13-20(21)22(28-15-6-4-2)23(24(25)27)29-17-18-10-8-7-9-11-18/h7-13,16,26H,3-6,14-15,17H2,1-2H3. The fourth-order valence-corrected chi connectivity index (χ4v) is 3.24. The quantitative estimate of drug-likeness (QED) is 0.475. The summed E-state index contributed by atoms with van der Waals surface area (Å²) >= 11 is 0. The van der Waals surface area contributed by atoms with Crippen LogP contribution in [0.3, 0.4) is 0 Å². The van der Waals surface area contributed by atoms with Crippen LogP contribution in [0, 0.1) is 0 Å². The van der Waals surface area contributed by atoms with Gasteiger partial charge in [0.1, 0.15) is 12.4 Å². The summed E-state index contributed by atoms with van der Waals surface area (Å²) in [7, 11) is 0. The number of fused-ring (bicyclic) bond motifs is 1. The lowest BCUT2D eigenvalue weighted by Gasteiger charge is -2.19. The van der Waals surface area contributed by atoms with Crippen molar-refractivity contribution in [3.63, 3.8) is 0 Å². The number of benzene rings is 2. The summed E-state index contributed by atoms with van der Waals surface area (Å²) in [6.07, 6.45) is 3.70. The molecule has 0 bridgehead atoms. The van der Waals surface area contributed by atoms with Gasteiger partial charge in [0.25, 0.3) is 5.56 Å². The molecule has 1 N–H and O–H groups in total. The first-order valence-electron chi connectivity index (χ1n) is 10.3. The molecule has 0 radical (unpaired) electrons. The minimum Gasteiger partial charge on any atom is -0.508 e. The molecule has 0 unspecified atom stereocenters. The predicted molar refractivity (Wildman–Crippen MR) is 116 cm³/mol. The molecule has 0 fully saturated rings. The normalized spacial score (nSPS) is 11.0. The van der Waals surface area contributed by atoms with Gasteiger partial charge in [0, 0.05) is 18.0 Å². The third-order valence-electron chi connectivity index (χ3n) is 4.87. The van der Waals surface area contributed by atoms with Crippen LogP contribution in [0.15, 0.2) is 53.3 Å². The summed E-state index contributed by atoms with van der Waals surface area (Å²) in [6, 6.07) is 14.8. The summed E-state index contributed by atoms with van der Waals surface area (Å²) in [5, 5.41) is 10.8. The van der Waals surface area contributed by atoms with E-state index in [0.717, 1.165) is 36.6 Å². The molecule has 0 spiro atoms. The second-order valence-corrected chi connectivity index (χ2v) is 7.15. The number of rotatable bonds is 10. The van der Waals surface area contributed by atoms with Gasteiger partial charge in [-0.2, -0.15) is 0 Å². The van der Waals surface area contributed by atoms with Gasteiger partial charge in [-0.05, 0) is 30.5 Å². The Balaban J connectivity index is 2.11. The molecule has 0 saturated carbocycles. The number of aromatic nitrogens is 1. The van der Waals surface area contributed by atoms with E-state index in [0.29, 0.717) is 24.4 Å². The van der Waals surface area contributed by atoms with Crippen LogP contribution in [0.4, 0.5) is 0 Å². The summed E-state index contributed by atoms with van der Waals surface area (Å²) in [5.41, 5.74) is 1.43. The number of phenols is 1. The number of phenolic OH excluding ortho intramolecular Hbond substituents is 1. The van der Waals surface area contributed by atoms with Crippen LogP contribution in [0.2, 0.25) is 0 Å². The Labute approximate surface area is 171 Å². The Bertz CT molecular complexity index is 995. The van der Waals surface area contributed by atoms with Crippen molar-refractivity contribution >= 4 is 10.9 Å². The number of unbranched alkanes of at least 4 members (excludes halogenated alkanes) is 2. The Hall–Kier alpha value is -2.95. The van der Waals surface area contributed by atoms with Crippen molar-refractivity contribution in [1.82, 2.24) is 4.57 Å². The molecule has 3 aromatic rings. The summed E-state index contributed by atoms with van der Waals surface area (Å²) < 4.78 is 13.7. The van der Waals surface area contributed by atoms with Crippen molar-refractivity contribution in [2.45, 2.75) is 52.7 Å². The second kappa shape index (κ2) is 10.0. The number of pyridine rings is 1. The Morgan fingerprint density at radius 1 is 0.931 bits per heavy atom. The number of aryl methyl sites for hydroxylation is 1. The molecular formula is C24H29NO4. The highest BCUT2D eigenvalue weighted by Gasteiger charge is 2.20.